The number of nitrogens with zero attached hydrogens (tertiary/aromatic N) is 2. The Morgan fingerprint density at radius 1 is 1.11 bits per heavy atom. The smallest absolute Gasteiger partial charge is 0.242 e. The summed E-state index contributed by atoms with van der Waals surface area (Å²) in [6.07, 6.45) is 1.46. The predicted octanol–water partition coefficient (Wildman–Crippen LogP) is 4.15. The van der Waals surface area contributed by atoms with Crippen molar-refractivity contribution in [3.05, 3.63) is 58.6 Å². The molecule has 0 spiro atoms. The molecule has 2 rings (SSSR count). The molecule has 0 aliphatic carbocycles. The minimum absolute atomic E-state index is 0.0644. The number of benzene rings is 2. The second-order valence-corrected chi connectivity index (χ2v) is 11.3. The summed E-state index contributed by atoms with van der Waals surface area (Å²) in [5, 5.41) is 3.32. The second-order valence-electron chi connectivity index (χ2n) is 9.04. The van der Waals surface area contributed by atoms with Crippen LogP contribution in [0, 0.1) is 6.92 Å². The van der Waals surface area contributed by atoms with Crippen molar-refractivity contribution < 1.29 is 22.7 Å². The molecular formula is C26H36ClN3O5S. The number of amides is 2. The predicted molar refractivity (Wildman–Crippen MR) is 144 cm³/mol. The number of carbonyl (C=O) groups is 2. The molecule has 198 valence electrons. The summed E-state index contributed by atoms with van der Waals surface area (Å²) in [4.78, 5) is 27.6. The largest absolute Gasteiger partial charge is 0.497 e. The van der Waals surface area contributed by atoms with Crippen molar-refractivity contribution >= 4 is 39.1 Å². The zero-order valence-electron chi connectivity index (χ0n) is 21.7. The molecule has 0 saturated heterocycles. The van der Waals surface area contributed by atoms with Crippen LogP contribution in [0.15, 0.2) is 42.5 Å². The van der Waals surface area contributed by atoms with Crippen LogP contribution in [0.25, 0.3) is 0 Å². The molecule has 0 radical (unpaired) electrons. The lowest BCUT2D eigenvalue weighted by molar-refractivity contribution is -0.140. The van der Waals surface area contributed by atoms with Gasteiger partial charge in [-0.15, -0.1) is 0 Å². The van der Waals surface area contributed by atoms with Crippen LogP contribution in [0.2, 0.25) is 5.02 Å². The lowest BCUT2D eigenvalue weighted by Gasteiger charge is -2.30. The zero-order valence-corrected chi connectivity index (χ0v) is 23.3. The number of sulfonamides is 1. The van der Waals surface area contributed by atoms with Gasteiger partial charge < -0.3 is 15.0 Å². The Bertz CT molecular complexity index is 1170. The Labute approximate surface area is 219 Å². The van der Waals surface area contributed by atoms with Gasteiger partial charge in [-0.1, -0.05) is 29.8 Å². The van der Waals surface area contributed by atoms with Crippen LogP contribution in [0.5, 0.6) is 5.75 Å². The SMILES string of the molecule is COc1cccc(CN(C(=O)CCCN(c2cccc(Cl)c2C)S(C)(=O)=O)C(C)C(=O)NC(C)C)c1. The van der Waals surface area contributed by atoms with E-state index in [9.17, 15) is 18.0 Å². The van der Waals surface area contributed by atoms with E-state index in [1.165, 1.54) is 9.21 Å². The van der Waals surface area contributed by atoms with Gasteiger partial charge in [-0.05, 0) is 69.5 Å². The van der Waals surface area contributed by atoms with Gasteiger partial charge in [0.2, 0.25) is 21.8 Å². The Morgan fingerprint density at radius 2 is 1.78 bits per heavy atom. The van der Waals surface area contributed by atoms with Crippen molar-refractivity contribution in [2.45, 2.75) is 59.2 Å². The average Bonchev–Trinajstić information content (AvgIpc) is 2.80. The summed E-state index contributed by atoms with van der Waals surface area (Å²) < 4.78 is 31.6. The van der Waals surface area contributed by atoms with E-state index in [0.29, 0.717) is 22.0 Å². The van der Waals surface area contributed by atoms with Crippen molar-refractivity contribution in [1.29, 1.82) is 0 Å². The molecule has 1 atom stereocenters. The quantitative estimate of drug-likeness (QED) is 0.439. The molecule has 36 heavy (non-hydrogen) atoms. The standard InChI is InChI=1S/C26H36ClN3O5S/c1-18(2)28-26(32)20(4)29(17-21-10-7-11-22(16-21)35-5)25(31)14-9-15-30(36(6,33)34)24-13-8-12-23(27)19(24)3/h7-8,10-13,16,18,20H,9,14-15,17H2,1-6H3,(H,28,32). The molecule has 0 aliphatic rings. The molecule has 10 heteroatoms. The van der Waals surface area contributed by atoms with Gasteiger partial charge in [-0.2, -0.15) is 0 Å². The van der Waals surface area contributed by atoms with E-state index in [4.69, 9.17) is 16.3 Å². The monoisotopic (exact) mass is 537 g/mol. The van der Waals surface area contributed by atoms with Gasteiger partial charge in [0.05, 0.1) is 19.1 Å². The lowest BCUT2D eigenvalue weighted by Crippen LogP contribution is -2.49. The number of nitrogens with one attached hydrogen (secondary N) is 1. The van der Waals surface area contributed by atoms with E-state index < -0.39 is 16.1 Å². The Balaban J connectivity index is 2.22. The first-order valence-electron chi connectivity index (χ1n) is 11.8. The van der Waals surface area contributed by atoms with E-state index >= 15 is 0 Å². The van der Waals surface area contributed by atoms with Gasteiger partial charge in [-0.3, -0.25) is 13.9 Å². The number of hydrogen-bond donors (Lipinski definition) is 1. The van der Waals surface area contributed by atoms with Crippen LogP contribution in [0.3, 0.4) is 0 Å². The summed E-state index contributed by atoms with van der Waals surface area (Å²) in [7, 11) is -2.04. The van der Waals surface area contributed by atoms with Crippen molar-refractivity contribution in [3.63, 3.8) is 0 Å². The van der Waals surface area contributed by atoms with Gasteiger partial charge in [-0.25, -0.2) is 8.42 Å². The fourth-order valence-corrected chi connectivity index (χ4v) is 4.99. The van der Waals surface area contributed by atoms with Crippen LogP contribution in [0.4, 0.5) is 5.69 Å². The molecular weight excluding hydrogens is 502 g/mol. The number of carbonyl (C=O) groups excluding carboxylic acids is 2. The molecule has 0 bridgehead atoms. The molecule has 0 fully saturated rings. The minimum Gasteiger partial charge on any atom is -0.497 e. The number of hydrogen-bond acceptors (Lipinski definition) is 5. The maximum atomic E-state index is 13.3. The Hall–Kier alpha value is -2.78. The minimum atomic E-state index is -3.60. The fourth-order valence-electron chi connectivity index (χ4n) is 3.80. The van der Waals surface area contributed by atoms with Gasteiger partial charge >= 0.3 is 0 Å². The van der Waals surface area contributed by atoms with Crippen molar-refractivity contribution in [2.24, 2.45) is 0 Å². The van der Waals surface area contributed by atoms with E-state index in [0.717, 1.165) is 11.8 Å². The van der Waals surface area contributed by atoms with E-state index in [1.807, 2.05) is 38.1 Å². The molecule has 0 heterocycles. The van der Waals surface area contributed by atoms with Crippen LogP contribution >= 0.6 is 11.6 Å². The molecule has 2 aromatic carbocycles. The van der Waals surface area contributed by atoms with Gasteiger partial charge in [0.15, 0.2) is 0 Å². The fraction of sp³-hybridized carbons (Fsp3) is 0.462. The summed E-state index contributed by atoms with van der Waals surface area (Å²) >= 11 is 6.20. The normalized spacial score (nSPS) is 12.2. The summed E-state index contributed by atoms with van der Waals surface area (Å²) in [5.74, 6) is 0.147. The van der Waals surface area contributed by atoms with E-state index in [1.54, 1.807) is 39.2 Å². The van der Waals surface area contributed by atoms with Crippen molar-refractivity contribution in [3.8, 4) is 5.75 Å². The molecule has 0 aliphatic heterocycles. The zero-order chi connectivity index (χ0) is 27.0. The molecule has 0 saturated carbocycles. The highest BCUT2D eigenvalue weighted by Crippen LogP contribution is 2.28. The van der Waals surface area contributed by atoms with Gasteiger partial charge in [0.25, 0.3) is 0 Å². The maximum absolute atomic E-state index is 13.3. The van der Waals surface area contributed by atoms with Crippen LogP contribution in [0.1, 0.15) is 44.7 Å². The topological polar surface area (TPSA) is 96.0 Å². The Morgan fingerprint density at radius 3 is 2.39 bits per heavy atom. The maximum Gasteiger partial charge on any atom is 0.242 e. The summed E-state index contributed by atoms with van der Waals surface area (Å²) in [6, 6.07) is 11.6. The highest BCUT2D eigenvalue weighted by atomic mass is 35.5. The lowest BCUT2D eigenvalue weighted by atomic mass is 10.1. The third-order valence-corrected chi connectivity index (χ3v) is 7.33. The highest BCUT2D eigenvalue weighted by molar-refractivity contribution is 7.92. The number of methoxy groups -OCH3 is 1. The third-order valence-electron chi connectivity index (χ3n) is 5.75. The van der Waals surface area contributed by atoms with E-state index in [-0.39, 0.29) is 43.8 Å². The van der Waals surface area contributed by atoms with Gasteiger partial charge in [0.1, 0.15) is 11.8 Å². The molecule has 1 N–H and O–H groups in total. The third kappa shape index (κ3) is 8.13. The number of halogens is 1. The molecule has 1 unspecified atom stereocenters. The molecule has 0 aromatic heterocycles. The van der Waals surface area contributed by atoms with Gasteiger partial charge in [0, 0.05) is 30.6 Å². The first-order valence-corrected chi connectivity index (χ1v) is 14.0. The highest BCUT2D eigenvalue weighted by Gasteiger charge is 2.27. The van der Waals surface area contributed by atoms with Crippen molar-refractivity contribution in [2.75, 3.05) is 24.2 Å². The van der Waals surface area contributed by atoms with Crippen LogP contribution < -0.4 is 14.4 Å². The van der Waals surface area contributed by atoms with Crippen LogP contribution in [-0.4, -0.2) is 57.1 Å². The summed E-state index contributed by atoms with van der Waals surface area (Å²) in [5.41, 5.74) is 1.95. The average molecular weight is 538 g/mol. The van der Waals surface area contributed by atoms with Crippen molar-refractivity contribution in [1.82, 2.24) is 10.2 Å². The first kappa shape index (κ1) is 29.5. The molecule has 2 amide bonds. The Kier molecular flexibility index (Phi) is 10.6. The van der Waals surface area contributed by atoms with Crippen LogP contribution in [-0.2, 0) is 26.2 Å². The molecule has 2 aromatic rings. The molecule has 8 nitrogen and oxygen atoms in total. The number of rotatable bonds is 12. The second kappa shape index (κ2) is 13.0. The first-order chi connectivity index (χ1) is 16.8. The summed E-state index contributed by atoms with van der Waals surface area (Å²) in [6.45, 7) is 7.48. The number of ether oxygens (including phenoxy) is 1. The number of anilines is 1. The van der Waals surface area contributed by atoms with E-state index in [2.05, 4.69) is 5.32 Å².